The Balaban J connectivity index is 1.56. The Kier molecular flexibility index (Phi) is 6.70. The number of hydrogen-bond acceptors (Lipinski definition) is 4. The molecule has 0 radical (unpaired) electrons. The number of pyridine rings is 1. The van der Waals surface area contributed by atoms with E-state index in [-0.39, 0.29) is 12.5 Å². The number of nitrogens with two attached hydrogens (primary N) is 1. The van der Waals surface area contributed by atoms with E-state index in [4.69, 9.17) is 5.73 Å². The normalized spacial score (nSPS) is 12.8. The van der Waals surface area contributed by atoms with Crippen molar-refractivity contribution >= 4 is 28.3 Å². The van der Waals surface area contributed by atoms with Gasteiger partial charge in [0, 0.05) is 30.0 Å². The lowest BCUT2D eigenvalue weighted by Gasteiger charge is -2.19. The van der Waals surface area contributed by atoms with Gasteiger partial charge in [0.25, 0.3) is 0 Å². The fraction of sp³-hybridized carbons (Fsp3) is 0.179. The molecular weight excluding hydrogens is 426 g/mol. The minimum Gasteiger partial charge on any atom is -0.481 e. The number of carboxylic acids is 1. The second-order valence-corrected chi connectivity index (χ2v) is 8.51. The summed E-state index contributed by atoms with van der Waals surface area (Å²) < 4.78 is 0. The van der Waals surface area contributed by atoms with E-state index in [1.165, 1.54) is 0 Å². The average molecular weight is 454 g/mol. The number of fused-ring (bicyclic) bond motifs is 1. The molecule has 2 unspecified atom stereocenters. The zero-order chi connectivity index (χ0) is 24.2. The van der Waals surface area contributed by atoms with E-state index in [0.717, 1.165) is 33.0 Å². The van der Waals surface area contributed by atoms with Gasteiger partial charge in [-0.15, -0.1) is 0 Å². The van der Waals surface area contributed by atoms with Crippen LogP contribution < -0.4 is 11.1 Å². The predicted octanol–water partition coefficient (Wildman–Crippen LogP) is 4.75. The Bertz CT molecular complexity index is 1350. The molecule has 0 saturated carbocycles. The molecule has 4 N–H and O–H groups in total. The maximum atomic E-state index is 13.0. The van der Waals surface area contributed by atoms with E-state index >= 15 is 0 Å². The van der Waals surface area contributed by atoms with E-state index in [9.17, 15) is 14.7 Å². The van der Waals surface area contributed by atoms with Crippen molar-refractivity contribution in [2.45, 2.75) is 25.7 Å². The minimum atomic E-state index is -0.917. The number of benzene rings is 3. The Morgan fingerprint density at radius 1 is 0.941 bits per heavy atom. The largest absolute Gasteiger partial charge is 0.481 e. The van der Waals surface area contributed by atoms with Crippen molar-refractivity contribution < 1.29 is 14.7 Å². The number of carbonyl (C=O) groups is 2. The van der Waals surface area contributed by atoms with Crippen LogP contribution in [0.25, 0.3) is 10.8 Å². The number of aryl methyl sites for hydroxylation is 2. The summed E-state index contributed by atoms with van der Waals surface area (Å²) in [5, 5.41) is 14.9. The highest BCUT2D eigenvalue weighted by Crippen LogP contribution is 2.30. The van der Waals surface area contributed by atoms with Crippen LogP contribution in [0.1, 0.15) is 39.7 Å². The van der Waals surface area contributed by atoms with Gasteiger partial charge < -0.3 is 16.2 Å². The lowest BCUT2D eigenvalue weighted by atomic mass is 9.86. The molecule has 3 aromatic carbocycles. The number of nitrogens with one attached hydrogen (secondary N) is 1. The summed E-state index contributed by atoms with van der Waals surface area (Å²) in [5.74, 6) is -2.48. The number of rotatable bonds is 7. The molecule has 0 spiro atoms. The molecule has 0 saturated heterocycles. The van der Waals surface area contributed by atoms with Crippen molar-refractivity contribution in [3.63, 3.8) is 0 Å². The van der Waals surface area contributed by atoms with E-state index in [1.807, 2.05) is 56.3 Å². The summed E-state index contributed by atoms with van der Waals surface area (Å²) in [5.41, 5.74) is 10.8. The van der Waals surface area contributed by atoms with Crippen LogP contribution in [0.15, 0.2) is 79.1 Å². The Morgan fingerprint density at radius 3 is 2.35 bits per heavy atom. The van der Waals surface area contributed by atoms with Gasteiger partial charge in [-0.1, -0.05) is 54.1 Å². The molecule has 6 nitrogen and oxygen atoms in total. The zero-order valence-corrected chi connectivity index (χ0v) is 19.2. The summed E-state index contributed by atoms with van der Waals surface area (Å²) in [6.45, 7) is 4.03. The zero-order valence-electron chi connectivity index (χ0n) is 19.2. The highest BCUT2D eigenvalue weighted by Gasteiger charge is 2.25. The van der Waals surface area contributed by atoms with E-state index in [1.54, 1.807) is 36.7 Å². The summed E-state index contributed by atoms with van der Waals surface area (Å²) in [4.78, 5) is 29.2. The third-order valence-corrected chi connectivity index (χ3v) is 6.12. The number of carboxylic acid groups (broad SMARTS) is 1. The first-order valence-corrected chi connectivity index (χ1v) is 11.1. The van der Waals surface area contributed by atoms with Crippen LogP contribution in [0.5, 0.6) is 0 Å². The lowest BCUT2D eigenvalue weighted by molar-refractivity contribution is -0.137. The SMILES string of the molecule is Cc1ccc(C(C(=O)O)c2ccc(C(CN)C(=O)Nc3ccc4cnccc4c3)cc2)c(C)c1. The van der Waals surface area contributed by atoms with Gasteiger partial charge in [0.1, 0.15) is 5.92 Å². The van der Waals surface area contributed by atoms with Gasteiger partial charge in [-0.2, -0.15) is 0 Å². The summed E-state index contributed by atoms with van der Waals surface area (Å²) in [6.07, 6.45) is 3.48. The van der Waals surface area contributed by atoms with Crippen molar-refractivity contribution in [3.05, 3.63) is 107 Å². The molecule has 34 heavy (non-hydrogen) atoms. The van der Waals surface area contributed by atoms with Crippen LogP contribution in [0.2, 0.25) is 0 Å². The standard InChI is InChI=1S/C28H27N3O3/c1-17-3-10-24(18(2)13-17)26(28(33)34)20-6-4-19(5-7-20)25(15-29)27(32)31-23-9-8-22-16-30-12-11-21(22)14-23/h3-14,16,25-26H,15,29H2,1-2H3,(H,31,32)(H,33,34). The molecule has 0 aliphatic carbocycles. The first-order valence-electron chi connectivity index (χ1n) is 11.1. The molecule has 2 atom stereocenters. The summed E-state index contributed by atoms with van der Waals surface area (Å²) in [7, 11) is 0. The van der Waals surface area contributed by atoms with Crippen LogP contribution in [-0.4, -0.2) is 28.5 Å². The highest BCUT2D eigenvalue weighted by atomic mass is 16.4. The van der Waals surface area contributed by atoms with Crippen LogP contribution >= 0.6 is 0 Å². The Hall–Kier alpha value is -4.03. The van der Waals surface area contributed by atoms with Crippen molar-refractivity contribution in [1.29, 1.82) is 0 Å². The number of carbonyl (C=O) groups excluding carboxylic acids is 1. The van der Waals surface area contributed by atoms with E-state index in [0.29, 0.717) is 11.3 Å². The smallest absolute Gasteiger partial charge is 0.315 e. The van der Waals surface area contributed by atoms with Gasteiger partial charge in [-0.25, -0.2) is 0 Å². The van der Waals surface area contributed by atoms with Crippen LogP contribution in [0, 0.1) is 13.8 Å². The van der Waals surface area contributed by atoms with Crippen LogP contribution in [0.3, 0.4) is 0 Å². The Morgan fingerprint density at radius 2 is 1.68 bits per heavy atom. The molecule has 0 fully saturated rings. The van der Waals surface area contributed by atoms with Gasteiger partial charge in [0.2, 0.25) is 5.91 Å². The molecule has 1 amide bonds. The van der Waals surface area contributed by atoms with Gasteiger partial charge in [-0.05, 0) is 59.7 Å². The third kappa shape index (κ3) is 4.82. The lowest BCUT2D eigenvalue weighted by Crippen LogP contribution is -2.27. The number of aromatic nitrogens is 1. The topological polar surface area (TPSA) is 105 Å². The molecule has 4 rings (SSSR count). The second-order valence-electron chi connectivity index (χ2n) is 8.51. The van der Waals surface area contributed by atoms with Gasteiger partial charge in [0.15, 0.2) is 0 Å². The molecule has 0 bridgehead atoms. The Labute approximate surface area is 198 Å². The molecule has 0 aliphatic heterocycles. The maximum absolute atomic E-state index is 13.0. The molecule has 1 heterocycles. The fourth-order valence-electron chi connectivity index (χ4n) is 4.31. The summed E-state index contributed by atoms with van der Waals surface area (Å²) >= 11 is 0. The average Bonchev–Trinajstić information content (AvgIpc) is 2.82. The van der Waals surface area contributed by atoms with Gasteiger partial charge in [-0.3, -0.25) is 14.6 Å². The number of amides is 1. The highest BCUT2D eigenvalue weighted by molar-refractivity contribution is 5.98. The fourth-order valence-corrected chi connectivity index (χ4v) is 4.31. The van der Waals surface area contributed by atoms with E-state index < -0.39 is 17.8 Å². The molecular formula is C28H27N3O3. The number of anilines is 1. The van der Waals surface area contributed by atoms with Crippen molar-refractivity contribution in [3.8, 4) is 0 Å². The van der Waals surface area contributed by atoms with E-state index in [2.05, 4.69) is 10.3 Å². The number of aliphatic carboxylic acids is 1. The third-order valence-electron chi connectivity index (χ3n) is 6.12. The van der Waals surface area contributed by atoms with Crippen LogP contribution in [0.4, 0.5) is 5.69 Å². The molecule has 6 heteroatoms. The van der Waals surface area contributed by atoms with Gasteiger partial charge in [0.05, 0.1) is 5.92 Å². The monoisotopic (exact) mass is 453 g/mol. The van der Waals surface area contributed by atoms with Crippen molar-refractivity contribution in [1.82, 2.24) is 4.98 Å². The second kappa shape index (κ2) is 9.85. The first-order chi connectivity index (χ1) is 16.4. The van der Waals surface area contributed by atoms with Crippen molar-refractivity contribution in [2.24, 2.45) is 5.73 Å². The first kappa shape index (κ1) is 23.1. The molecule has 172 valence electrons. The number of nitrogens with zero attached hydrogens (tertiary/aromatic N) is 1. The number of hydrogen-bond donors (Lipinski definition) is 3. The van der Waals surface area contributed by atoms with Crippen molar-refractivity contribution in [2.75, 3.05) is 11.9 Å². The molecule has 4 aromatic rings. The summed E-state index contributed by atoms with van der Waals surface area (Å²) in [6, 6.07) is 20.4. The van der Waals surface area contributed by atoms with Gasteiger partial charge >= 0.3 is 5.97 Å². The maximum Gasteiger partial charge on any atom is 0.315 e. The quantitative estimate of drug-likeness (QED) is 0.375. The predicted molar refractivity (Wildman–Crippen MR) is 134 cm³/mol. The molecule has 1 aromatic heterocycles. The minimum absolute atomic E-state index is 0.127. The molecule has 0 aliphatic rings. The van der Waals surface area contributed by atoms with Crippen LogP contribution in [-0.2, 0) is 9.59 Å².